The van der Waals surface area contributed by atoms with E-state index in [9.17, 15) is 10.1 Å². The van der Waals surface area contributed by atoms with E-state index in [1.807, 2.05) is 55.5 Å². The molecule has 1 aromatic heterocycles. The molecule has 1 N–H and O–H groups in total. The SMILES string of the molecule is CCCc1nc(C)c(Cc2ccc(-c3ccccc3C#N)cc2)c(=O)[nH]1. The number of nitrogens with one attached hydrogen (secondary N) is 1. The normalized spacial score (nSPS) is 10.5. The van der Waals surface area contributed by atoms with Crippen molar-refractivity contribution in [1.29, 1.82) is 5.26 Å². The van der Waals surface area contributed by atoms with Gasteiger partial charge in [0.05, 0.1) is 11.6 Å². The summed E-state index contributed by atoms with van der Waals surface area (Å²) < 4.78 is 0. The fourth-order valence-electron chi connectivity index (χ4n) is 3.07. The van der Waals surface area contributed by atoms with Gasteiger partial charge in [-0.1, -0.05) is 49.4 Å². The van der Waals surface area contributed by atoms with Crippen LogP contribution in [0.5, 0.6) is 0 Å². The van der Waals surface area contributed by atoms with Crippen LogP contribution in [0.3, 0.4) is 0 Å². The first-order chi connectivity index (χ1) is 12.6. The van der Waals surface area contributed by atoms with Crippen LogP contribution in [0.2, 0.25) is 0 Å². The molecule has 4 heteroatoms. The van der Waals surface area contributed by atoms with Crippen molar-refractivity contribution in [1.82, 2.24) is 9.97 Å². The molecule has 0 aliphatic rings. The highest BCUT2D eigenvalue weighted by atomic mass is 16.1. The lowest BCUT2D eigenvalue weighted by Crippen LogP contribution is -2.19. The first-order valence-electron chi connectivity index (χ1n) is 8.79. The Labute approximate surface area is 153 Å². The fourth-order valence-corrected chi connectivity index (χ4v) is 3.07. The molecule has 3 rings (SSSR count). The van der Waals surface area contributed by atoms with Gasteiger partial charge in [0, 0.05) is 24.1 Å². The van der Waals surface area contributed by atoms with E-state index in [1.165, 1.54) is 0 Å². The second-order valence-electron chi connectivity index (χ2n) is 6.36. The average Bonchev–Trinajstić information content (AvgIpc) is 2.65. The number of aromatic nitrogens is 2. The minimum Gasteiger partial charge on any atom is -0.310 e. The molecule has 0 bridgehead atoms. The van der Waals surface area contributed by atoms with Crippen LogP contribution in [0.25, 0.3) is 11.1 Å². The van der Waals surface area contributed by atoms with Gasteiger partial charge in [0.2, 0.25) is 0 Å². The number of aryl methyl sites for hydroxylation is 2. The molecule has 0 amide bonds. The molecule has 3 aromatic rings. The molecule has 4 nitrogen and oxygen atoms in total. The molecule has 0 aliphatic heterocycles. The van der Waals surface area contributed by atoms with Crippen molar-refractivity contribution in [3.8, 4) is 17.2 Å². The lowest BCUT2D eigenvalue weighted by molar-refractivity contribution is 0.803. The Hall–Kier alpha value is -3.19. The van der Waals surface area contributed by atoms with E-state index < -0.39 is 0 Å². The topological polar surface area (TPSA) is 69.5 Å². The van der Waals surface area contributed by atoms with Crippen LogP contribution in [0.4, 0.5) is 0 Å². The molecular formula is C22H21N3O. The van der Waals surface area contributed by atoms with Crippen LogP contribution in [0.1, 0.15) is 41.6 Å². The van der Waals surface area contributed by atoms with Crippen LogP contribution >= 0.6 is 0 Å². The van der Waals surface area contributed by atoms with Gasteiger partial charge in [-0.3, -0.25) is 4.79 Å². The molecule has 26 heavy (non-hydrogen) atoms. The molecule has 130 valence electrons. The lowest BCUT2D eigenvalue weighted by Gasteiger charge is -2.08. The summed E-state index contributed by atoms with van der Waals surface area (Å²) in [5, 5.41) is 9.26. The number of benzene rings is 2. The summed E-state index contributed by atoms with van der Waals surface area (Å²) in [6, 6.07) is 17.8. The largest absolute Gasteiger partial charge is 0.310 e. The third-order valence-corrected chi connectivity index (χ3v) is 4.45. The molecule has 1 heterocycles. The summed E-state index contributed by atoms with van der Waals surface area (Å²) in [6.07, 6.45) is 2.28. The van der Waals surface area contributed by atoms with Gasteiger partial charge in [0.25, 0.3) is 5.56 Å². The van der Waals surface area contributed by atoms with Crippen molar-refractivity contribution < 1.29 is 0 Å². The molecular weight excluding hydrogens is 322 g/mol. The summed E-state index contributed by atoms with van der Waals surface area (Å²) in [5.74, 6) is 0.752. The predicted molar refractivity (Wildman–Crippen MR) is 103 cm³/mol. The Morgan fingerprint density at radius 1 is 1.12 bits per heavy atom. The number of nitrogens with zero attached hydrogens (tertiary/aromatic N) is 2. The monoisotopic (exact) mass is 343 g/mol. The van der Waals surface area contributed by atoms with E-state index in [1.54, 1.807) is 0 Å². The lowest BCUT2D eigenvalue weighted by atomic mass is 9.97. The molecule has 0 fully saturated rings. The standard InChI is InChI=1S/C22H21N3O/c1-3-6-21-24-15(2)20(22(26)25-21)13-16-9-11-17(12-10-16)19-8-5-4-7-18(19)14-23/h4-5,7-12H,3,6,13H2,1-2H3,(H,24,25,26). The van der Waals surface area contributed by atoms with Gasteiger partial charge in [0.1, 0.15) is 5.82 Å². The summed E-state index contributed by atoms with van der Waals surface area (Å²) in [5.41, 5.74) is 5.05. The van der Waals surface area contributed by atoms with E-state index in [-0.39, 0.29) is 5.56 Å². The second-order valence-corrected chi connectivity index (χ2v) is 6.36. The number of hydrogen-bond acceptors (Lipinski definition) is 3. The van der Waals surface area contributed by atoms with Gasteiger partial charge < -0.3 is 4.98 Å². The molecule has 2 aromatic carbocycles. The van der Waals surface area contributed by atoms with Crippen molar-refractivity contribution in [2.45, 2.75) is 33.1 Å². The molecule has 0 unspecified atom stereocenters. The van der Waals surface area contributed by atoms with Gasteiger partial charge >= 0.3 is 0 Å². The van der Waals surface area contributed by atoms with Crippen LogP contribution in [-0.4, -0.2) is 9.97 Å². The van der Waals surface area contributed by atoms with Crippen molar-refractivity contribution in [2.75, 3.05) is 0 Å². The zero-order valence-corrected chi connectivity index (χ0v) is 15.0. The van der Waals surface area contributed by atoms with Crippen LogP contribution in [0.15, 0.2) is 53.3 Å². The van der Waals surface area contributed by atoms with Gasteiger partial charge in [-0.2, -0.15) is 5.26 Å². The van der Waals surface area contributed by atoms with E-state index in [0.29, 0.717) is 17.5 Å². The van der Waals surface area contributed by atoms with Gasteiger partial charge in [-0.15, -0.1) is 0 Å². The Balaban J connectivity index is 1.87. The third kappa shape index (κ3) is 3.73. The first kappa shape index (κ1) is 17.6. The van der Waals surface area contributed by atoms with E-state index in [0.717, 1.165) is 41.1 Å². The number of hydrogen-bond donors (Lipinski definition) is 1. The summed E-state index contributed by atoms with van der Waals surface area (Å²) >= 11 is 0. The van der Waals surface area contributed by atoms with Crippen molar-refractivity contribution in [2.24, 2.45) is 0 Å². The minimum atomic E-state index is -0.0557. The Morgan fingerprint density at radius 2 is 1.85 bits per heavy atom. The Bertz CT molecular complexity index is 1010. The molecule has 0 saturated carbocycles. The average molecular weight is 343 g/mol. The maximum absolute atomic E-state index is 12.4. The highest BCUT2D eigenvalue weighted by Crippen LogP contribution is 2.24. The summed E-state index contributed by atoms with van der Waals surface area (Å²) in [6.45, 7) is 3.95. The van der Waals surface area contributed by atoms with Crippen LogP contribution in [0, 0.1) is 18.3 Å². The summed E-state index contributed by atoms with van der Waals surface area (Å²) in [4.78, 5) is 19.8. The van der Waals surface area contributed by atoms with Gasteiger partial charge in [-0.05, 0) is 36.1 Å². The fraction of sp³-hybridized carbons (Fsp3) is 0.227. The highest BCUT2D eigenvalue weighted by molar-refractivity contribution is 5.70. The van der Waals surface area contributed by atoms with E-state index in [2.05, 4.69) is 23.0 Å². The summed E-state index contributed by atoms with van der Waals surface area (Å²) in [7, 11) is 0. The number of H-pyrrole nitrogens is 1. The van der Waals surface area contributed by atoms with Gasteiger partial charge in [0.15, 0.2) is 0 Å². The van der Waals surface area contributed by atoms with E-state index >= 15 is 0 Å². The van der Waals surface area contributed by atoms with E-state index in [4.69, 9.17) is 0 Å². The molecule has 0 spiro atoms. The Morgan fingerprint density at radius 3 is 2.50 bits per heavy atom. The van der Waals surface area contributed by atoms with Crippen molar-refractivity contribution >= 4 is 0 Å². The maximum Gasteiger partial charge on any atom is 0.254 e. The first-order valence-corrected chi connectivity index (χ1v) is 8.79. The zero-order chi connectivity index (χ0) is 18.5. The smallest absolute Gasteiger partial charge is 0.254 e. The molecule has 0 atom stereocenters. The minimum absolute atomic E-state index is 0.0557. The van der Waals surface area contributed by atoms with Crippen molar-refractivity contribution in [3.63, 3.8) is 0 Å². The molecule has 0 radical (unpaired) electrons. The van der Waals surface area contributed by atoms with Crippen LogP contribution in [-0.2, 0) is 12.8 Å². The number of rotatable bonds is 5. The quantitative estimate of drug-likeness (QED) is 0.756. The van der Waals surface area contributed by atoms with Gasteiger partial charge in [-0.25, -0.2) is 4.98 Å². The maximum atomic E-state index is 12.4. The molecule has 0 aliphatic carbocycles. The molecule has 0 saturated heterocycles. The number of nitriles is 1. The third-order valence-electron chi connectivity index (χ3n) is 4.45. The van der Waals surface area contributed by atoms with Crippen molar-refractivity contribution in [3.05, 3.63) is 87.1 Å². The zero-order valence-electron chi connectivity index (χ0n) is 15.0. The highest BCUT2D eigenvalue weighted by Gasteiger charge is 2.10. The Kier molecular flexibility index (Phi) is 5.28. The number of aromatic amines is 1. The van der Waals surface area contributed by atoms with Crippen LogP contribution < -0.4 is 5.56 Å². The second kappa shape index (κ2) is 7.79. The predicted octanol–water partition coefficient (Wildman–Crippen LogP) is 4.16.